The molecule has 0 aliphatic rings. The van der Waals surface area contributed by atoms with E-state index in [0.29, 0.717) is 16.3 Å². The van der Waals surface area contributed by atoms with Crippen molar-refractivity contribution < 1.29 is 14.3 Å². The number of Topliss-reactive ketones (excluding diaryl/α,β-unsaturated/α-hetero) is 1. The maximum absolute atomic E-state index is 12.3. The number of hydrogen-bond donors (Lipinski definition) is 0. The molecule has 0 aliphatic carbocycles. The number of hydrogen-bond acceptors (Lipinski definition) is 3. The minimum absolute atomic E-state index is 0.0414. The Morgan fingerprint density at radius 2 is 1.83 bits per heavy atom. The molecule has 0 saturated heterocycles. The molecule has 0 fully saturated rings. The number of ketones is 1. The second-order valence-electron chi connectivity index (χ2n) is 5.60. The zero-order valence-corrected chi connectivity index (χ0v) is 14.7. The predicted molar refractivity (Wildman–Crippen MR) is 94.6 cm³/mol. The molecule has 1 atom stereocenters. The van der Waals surface area contributed by atoms with E-state index >= 15 is 0 Å². The smallest absolute Gasteiger partial charge is 0.260 e. The molecule has 2 aromatic rings. The van der Waals surface area contributed by atoms with Crippen molar-refractivity contribution in [1.29, 1.82) is 0 Å². The summed E-state index contributed by atoms with van der Waals surface area (Å²) in [4.78, 5) is 25.3. The number of amides is 1. The molecule has 0 aromatic heterocycles. The summed E-state index contributed by atoms with van der Waals surface area (Å²) in [5.41, 5.74) is 1.55. The lowest BCUT2D eigenvalue weighted by atomic mass is 10.1. The van der Waals surface area contributed by atoms with Gasteiger partial charge in [0.1, 0.15) is 5.75 Å². The Labute approximate surface area is 147 Å². The lowest BCUT2D eigenvalue weighted by Crippen LogP contribution is -2.33. The van der Waals surface area contributed by atoms with Gasteiger partial charge in [-0.25, -0.2) is 0 Å². The van der Waals surface area contributed by atoms with E-state index in [1.165, 1.54) is 6.92 Å². The lowest BCUT2D eigenvalue weighted by molar-refractivity contribution is -0.134. The van der Waals surface area contributed by atoms with Crippen LogP contribution in [0.15, 0.2) is 48.5 Å². The first-order chi connectivity index (χ1) is 11.4. The molecular weight excluding hydrogens is 326 g/mol. The molecule has 0 N–H and O–H groups in total. The minimum atomic E-state index is -0.148. The van der Waals surface area contributed by atoms with E-state index in [2.05, 4.69) is 0 Å². The number of likely N-dealkylation sites (N-methyl/N-ethyl adjacent to an activating group) is 1. The topological polar surface area (TPSA) is 46.6 Å². The fourth-order valence-electron chi connectivity index (χ4n) is 2.23. The second kappa shape index (κ2) is 7.97. The van der Waals surface area contributed by atoms with Gasteiger partial charge in [0.25, 0.3) is 5.91 Å². The molecule has 1 amide bonds. The van der Waals surface area contributed by atoms with Gasteiger partial charge in [0, 0.05) is 17.6 Å². The number of rotatable bonds is 6. The summed E-state index contributed by atoms with van der Waals surface area (Å²) in [5, 5.41) is 0.661. The van der Waals surface area contributed by atoms with Crippen molar-refractivity contribution in [1.82, 2.24) is 4.90 Å². The first kappa shape index (κ1) is 18.0. The zero-order valence-electron chi connectivity index (χ0n) is 14.0. The molecule has 0 radical (unpaired) electrons. The highest BCUT2D eigenvalue weighted by Gasteiger charge is 2.18. The maximum atomic E-state index is 12.3. The summed E-state index contributed by atoms with van der Waals surface area (Å²) in [6, 6.07) is 14.1. The normalized spacial score (nSPS) is 11.7. The predicted octanol–water partition coefficient (Wildman–Crippen LogP) is 4.14. The standard InChI is InChI=1S/C19H20ClNO3/c1-13(15-7-9-17(20)10-8-15)21(3)19(23)12-24-18-6-4-5-16(11-18)14(2)22/h4-11,13H,12H2,1-3H3. The molecular formula is C19H20ClNO3. The molecule has 0 bridgehead atoms. The molecule has 2 aromatic carbocycles. The summed E-state index contributed by atoms with van der Waals surface area (Å²) in [5.74, 6) is 0.314. The van der Waals surface area contributed by atoms with Crippen LogP contribution in [0.25, 0.3) is 0 Å². The third-order valence-corrected chi connectivity index (χ3v) is 4.18. The number of carbonyl (C=O) groups is 2. The Hall–Kier alpha value is -2.33. The van der Waals surface area contributed by atoms with E-state index in [1.807, 2.05) is 19.1 Å². The number of benzene rings is 2. The van der Waals surface area contributed by atoms with Crippen LogP contribution >= 0.6 is 11.6 Å². The largest absolute Gasteiger partial charge is 0.484 e. The van der Waals surface area contributed by atoms with Gasteiger partial charge in [0.2, 0.25) is 0 Å². The lowest BCUT2D eigenvalue weighted by Gasteiger charge is -2.25. The van der Waals surface area contributed by atoms with Crippen LogP contribution in [-0.2, 0) is 4.79 Å². The average molecular weight is 346 g/mol. The molecule has 5 heteroatoms. The van der Waals surface area contributed by atoms with Crippen molar-refractivity contribution in [3.05, 3.63) is 64.7 Å². The average Bonchev–Trinajstić information content (AvgIpc) is 2.59. The first-order valence-corrected chi connectivity index (χ1v) is 8.01. The Kier molecular flexibility index (Phi) is 5.99. The molecule has 24 heavy (non-hydrogen) atoms. The van der Waals surface area contributed by atoms with Crippen LogP contribution in [0, 0.1) is 0 Å². The van der Waals surface area contributed by atoms with Crippen molar-refractivity contribution in [2.24, 2.45) is 0 Å². The number of nitrogens with zero attached hydrogens (tertiary/aromatic N) is 1. The van der Waals surface area contributed by atoms with Gasteiger partial charge in [-0.1, -0.05) is 35.9 Å². The van der Waals surface area contributed by atoms with E-state index in [0.717, 1.165) is 5.56 Å². The van der Waals surface area contributed by atoms with Gasteiger partial charge in [0.05, 0.1) is 6.04 Å². The van der Waals surface area contributed by atoms with Crippen molar-refractivity contribution in [2.45, 2.75) is 19.9 Å². The number of carbonyl (C=O) groups excluding carboxylic acids is 2. The molecule has 0 saturated carbocycles. The SMILES string of the molecule is CC(=O)c1cccc(OCC(=O)N(C)C(C)c2ccc(Cl)cc2)c1. The Balaban J connectivity index is 1.97. The summed E-state index contributed by atoms with van der Waals surface area (Å²) < 4.78 is 5.52. The van der Waals surface area contributed by atoms with Crippen LogP contribution in [0.1, 0.15) is 35.8 Å². The van der Waals surface area contributed by atoms with Crippen molar-refractivity contribution in [2.75, 3.05) is 13.7 Å². The van der Waals surface area contributed by atoms with E-state index in [1.54, 1.807) is 48.3 Å². The fourth-order valence-corrected chi connectivity index (χ4v) is 2.36. The summed E-state index contributed by atoms with van der Waals surface area (Å²) in [7, 11) is 1.73. The quantitative estimate of drug-likeness (QED) is 0.739. The Bertz CT molecular complexity index is 728. The van der Waals surface area contributed by atoms with Crippen LogP contribution in [0.5, 0.6) is 5.75 Å². The molecule has 0 heterocycles. The molecule has 126 valence electrons. The highest BCUT2D eigenvalue weighted by Crippen LogP contribution is 2.21. The first-order valence-electron chi connectivity index (χ1n) is 7.63. The van der Waals surface area contributed by atoms with Gasteiger partial charge in [-0.2, -0.15) is 0 Å². The van der Waals surface area contributed by atoms with Crippen molar-refractivity contribution in [3.8, 4) is 5.75 Å². The van der Waals surface area contributed by atoms with Gasteiger partial charge in [-0.3, -0.25) is 9.59 Å². The van der Waals surface area contributed by atoms with Gasteiger partial charge in [-0.05, 0) is 43.7 Å². The number of halogens is 1. The van der Waals surface area contributed by atoms with E-state index in [-0.39, 0.29) is 24.3 Å². The third kappa shape index (κ3) is 4.59. The van der Waals surface area contributed by atoms with Crippen LogP contribution in [0.3, 0.4) is 0 Å². The number of ether oxygens (including phenoxy) is 1. The summed E-state index contributed by atoms with van der Waals surface area (Å²) in [6.07, 6.45) is 0. The fraction of sp³-hybridized carbons (Fsp3) is 0.263. The van der Waals surface area contributed by atoms with E-state index < -0.39 is 0 Å². The highest BCUT2D eigenvalue weighted by atomic mass is 35.5. The Morgan fingerprint density at radius 1 is 1.17 bits per heavy atom. The van der Waals surface area contributed by atoms with E-state index in [9.17, 15) is 9.59 Å². The zero-order chi connectivity index (χ0) is 17.7. The van der Waals surface area contributed by atoms with Crippen LogP contribution < -0.4 is 4.74 Å². The van der Waals surface area contributed by atoms with E-state index in [4.69, 9.17) is 16.3 Å². The second-order valence-corrected chi connectivity index (χ2v) is 6.04. The van der Waals surface area contributed by atoms with Crippen molar-refractivity contribution >= 4 is 23.3 Å². The summed E-state index contributed by atoms with van der Waals surface area (Å²) >= 11 is 5.89. The van der Waals surface area contributed by atoms with Gasteiger partial charge < -0.3 is 9.64 Å². The van der Waals surface area contributed by atoms with Gasteiger partial charge in [-0.15, -0.1) is 0 Å². The molecule has 4 nitrogen and oxygen atoms in total. The minimum Gasteiger partial charge on any atom is -0.484 e. The highest BCUT2D eigenvalue weighted by molar-refractivity contribution is 6.30. The van der Waals surface area contributed by atoms with Gasteiger partial charge >= 0.3 is 0 Å². The Morgan fingerprint density at radius 3 is 2.46 bits per heavy atom. The maximum Gasteiger partial charge on any atom is 0.260 e. The monoisotopic (exact) mass is 345 g/mol. The van der Waals surface area contributed by atoms with Crippen molar-refractivity contribution in [3.63, 3.8) is 0 Å². The third-order valence-electron chi connectivity index (χ3n) is 3.93. The van der Waals surface area contributed by atoms with Crippen LogP contribution in [-0.4, -0.2) is 30.2 Å². The van der Waals surface area contributed by atoms with Crippen LogP contribution in [0.2, 0.25) is 5.02 Å². The molecule has 0 spiro atoms. The van der Waals surface area contributed by atoms with Crippen LogP contribution in [0.4, 0.5) is 0 Å². The summed E-state index contributed by atoms with van der Waals surface area (Å²) in [6.45, 7) is 3.35. The molecule has 0 aliphatic heterocycles. The van der Waals surface area contributed by atoms with Gasteiger partial charge in [0.15, 0.2) is 12.4 Å². The molecule has 2 rings (SSSR count). The molecule has 1 unspecified atom stereocenters.